The Balaban J connectivity index is 1.62. The van der Waals surface area contributed by atoms with Crippen LogP contribution in [0, 0.1) is 5.92 Å². The molecule has 0 aromatic carbocycles. The first-order valence-electron chi connectivity index (χ1n) is 9.62. The lowest BCUT2D eigenvalue weighted by Gasteiger charge is -2.40. The summed E-state index contributed by atoms with van der Waals surface area (Å²) in [5, 5.41) is 9.85. The second-order valence-electron chi connectivity index (χ2n) is 8.06. The Morgan fingerprint density at radius 2 is 2.32 bits per heavy atom. The number of aliphatic hydroxyl groups is 1. The van der Waals surface area contributed by atoms with Crippen molar-refractivity contribution in [1.29, 1.82) is 0 Å². The summed E-state index contributed by atoms with van der Waals surface area (Å²) in [5.74, 6) is 1.62. The maximum absolute atomic E-state index is 12.1. The van der Waals surface area contributed by atoms with Crippen molar-refractivity contribution in [3.05, 3.63) is 17.7 Å². The van der Waals surface area contributed by atoms with Gasteiger partial charge in [0, 0.05) is 50.9 Å². The molecule has 3 heterocycles. The highest BCUT2D eigenvalue weighted by atomic mass is 16.3. The fourth-order valence-corrected chi connectivity index (χ4v) is 4.80. The van der Waals surface area contributed by atoms with Gasteiger partial charge in [0.25, 0.3) is 0 Å². The number of aromatic nitrogens is 2. The minimum Gasteiger partial charge on any atom is -0.394 e. The molecule has 0 aliphatic carbocycles. The summed E-state index contributed by atoms with van der Waals surface area (Å²) in [7, 11) is 0. The van der Waals surface area contributed by atoms with Gasteiger partial charge >= 0.3 is 0 Å². The van der Waals surface area contributed by atoms with E-state index in [4.69, 9.17) is 0 Å². The second-order valence-corrected chi connectivity index (χ2v) is 8.06. The van der Waals surface area contributed by atoms with Crippen LogP contribution in [-0.4, -0.2) is 62.1 Å². The minimum atomic E-state index is -0.404. The molecule has 2 fully saturated rings. The number of likely N-dealkylation sites (tertiary alicyclic amines) is 2. The zero-order valence-corrected chi connectivity index (χ0v) is 15.8. The lowest BCUT2D eigenvalue weighted by Crippen LogP contribution is -2.52. The largest absolute Gasteiger partial charge is 0.394 e. The third kappa shape index (κ3) is 3.75. The van der Waals surface area contributed by atoms with Gasteiger partial charge in [-0.15, -0.1) is 0 Å². The van der Waals surface area contributed by atoms with E-state index in [1.165, 1.54) is 18.5 Å². The average Bonchev–Trinajstić information content (AvgIpc) is 3.14. The number of hydrogen-bond donors (Lipinski definition) is 2. The number of piperidine rings is 1. The predicted molar refractivity (Wildman–Crippen MR) is 97.0 cm³/mol. The fraction of sp³-hybridized carbons (Fsp3) is 0.789. The molecule has 0 radical (unpaired) electrons. The van der Waals surface area contributed by atoms with Gasteiger partial charge in [-0.05, 0) is 32.1 Å². The topological polar surface area (TPSA) is 72.5 Å². The molecule has 2 aliphatic heterocycles. The Hall–Kier alpha value is -1.40. The van der Waals surface area contributed by atoms with Crippen LogP contribution in [0.25, 0.3) is 0 Å². The molecule has 2 saturated heterocycles. The SMILES string of the molecule is CCCCc1ncc(CN2CC[C@H]3[C@H](C2)C[C@](C)(CO)N3C(C)=O)[nH]1. The van der Waals surface area contributed by atoms with Crippen LogP contribution in [0.2, 0.25) is 0 Å². The number of hydrogen-bond acceptors (Lipinski definition) is 4. The highest BCUT2D eigenvalue weighted by Crippen LogP contribution is 2.42. The van der Waals surface area contributed by atoms with Crippen molar-refractivity contribution in [3.63, 3.8) is 0 Å². The van der Waals surface area contributed by atoms with Crippen molar-refractivity contribution in [1.82, 2.24) is 19.8 Å². The van der Waals surface area contributed by atoms with E-state index in [2.05, 4.69) is 21.8 Å². The highest BCUT2D eigenvalue weighted by molar-refractivity contribution is 5.75. The maximum atomic E-state index is 12.1. The molecule has 0 unspecified atom stereocenters. The first-order valence-corrected chi connectivity index (χ1v) is 9.62. The minimum absolute atomic E-state index is 0.0426. The van der Waals surface area contributed by atoms with E-state index in [0.29, 0.717) is 5.92 Å². The number of aromatic amines is 1. The number of H-pyrrole nitrogens is 1. The number of fused-ring (bicyclic) bond motifs is 1. The van der Waals surface area contributed by atoms with Crippen LogP contribution in [-0.2, 0) is 17.8 Å². The zero-order valence-electron chi connectivity index (χ0n) is 15.8. The van der Waals surface area contributed by atoms with Crippen LogP contribution in [0.5, 0.6) is 0 Å². The first-order chi connectivity index (χ1) is 12.0. The Bertz CT molecular complexity index is 602. The van der Waals surface area contributed by atoms with E-state index in [1.54, 1.807) is 6.92 Å². The van der Waals surface area contributed by atoms with Crippen molar-refractivity contribution >= 4 is 5.91 Å². The molecule has 6 nitrogen and oxygen atoms in total. The third-order valence-corrected chi connectivity index (χ3v) is 5.92. The molecular formula is C19H32N4O2. The molecule has 25 heavy (non-hydrogen) atoms. The normalized spacial score (nSPS) is 29.8. The zero-order chi connectivity index (χ0) is 18.0. The maximum Gasteiger partial charge on any atom is 0.220 e. The van der Waals surface area contributed by atoms with Gasteiger partial charge in [-0.25, -0.2) is 4.98 Å². The summed E-state index contributed by atoms with van der Waals surface area (Å²) in [4.78, 5) is 24.5. The molecule has 1 aromatic rings. The third-order valence-electron chi connectivity index (χ3n) is 5.92. The lowest BCUT2D eigenvalue weighted by molar-refractivity contribution is -0.137. The number of rotatable bonds is 6. The van der Waals surface area contributed by atoms with Crippen LogP contribution in [0.4, 0.5) is 0 Å². The highest BCUT2D eigenvalue weighted by Gasteiger charge is 2.51. The summed E-state index contributed by atoms with van der Waals surface area (Å²) >= 11 is 0. The van der Waals surface area contributed by atoms with Crippen LogP contribution in [0.1, 0.15) is 58.0 Å². The Morgan fingerprint density at radius 1 is 1.52 bits per heavy atom. The van der Waals surface area contributed by atoms with E-state index in [0.717, 1.165) is 44.7 Å². The van der Waals surface area contributed by atoms with Gasteiger partial charge in [0.2, 0.25) is 5.91 Å². The van der Waals surface area contributed by atoms with Crippen molar-refractivity contribution < 1.29 is 9.90 Å². The van der Waals surface area contributed by atoms with Gasteiger partial charge in [0.1, 0.15) is 5.82 Å². The number of aliphatic hydroxyl groups excluding tert-OH is 1. The fourth-order valence-electron chi connectivity index (χ4n) is 4.80. The summed E-state index contributed by atoms with van der Waals surface area (Å²) in [6.45, 7) is 8.74. The molecule has 1 aromatic heterocycles. The van der Waals surface area contributed by atoms with Gasteiger partial charge in [0.15, 0.2) is 0 Å². The van der Waals surface area contributed by atoms with Crippen molar-refractivity contribution in [2.75, 3.05) is 19.7 Å². The predicted octanol–water partition coefficient (Wildman–Crippen LogP) is 1.95. The van der Waals surface area contributed by atoms with Crippen LogP contribution in [0.3, 0.4) is 0 Å². The number of imidazole rings is 1. The summed E-state index contributed by atoms with van der Waals surface area (Å²) in [6, 6.07) is 0.271. The molecule has 6 heteroatoms. The standard InChI is InChI=1S/C19H32N4O2/c1-4-5-6-18-20-10-16(21-18)12-22-8-7-17-15(11-22)9-19(3,13-24)23(17)14(2)25/h10,15,17,24H,4-9,11-13H2,1-3H3,(H,20,21)/t15-,17-,19+/m0/s1. The number of nitrogens with zero attached hydrogens (tertiary/aromatic N) is 3. The molecule has 3 atom stereocenters. The smallest absolute Gasteiger partial charge is 0.220 e. The Morgan fingerprint density at radius 3 is 3.00 bits per heavy atom. The molecular weight excluding hydrogens is 316 g/mol. The quantitative estimate of drug-likeness (QED) is 0.824. The van der Waals surface area contributed by atoms with Crippen molar-refractivity contribution in [2.45, 2.75) is 71.0 Å². The van der Waals surface area contributed by atoms with Gasteiger partial charge in [0.05, 0.1) is 12.1 Å². The van der Waals surface area contributed by atoms with E-state index in [1.807, 2.05) is 18.0 Å². The van der Waals surface area contributed by atoms with Gasteiger partial charge in [-0.2, -0.15) is 0 Å². The second kappa shape index (κ2) is 7.46. The molecule has 2 N–H and O–H groups in total. The molecule has 140 valence electrons. The molecule has 3 rings (SSSR count). The molecule has 0 saturated carbocycles. The van der Waals surface area contributed by atoms with Crippen LogP contribution in [0.15, 0.2) is 6.20 Å². The number of aryl methyl sites for hydroxylation is 1. The lowest BCUT2D eigenvalue weighted by atomic mass is 9.89. The summed E-state index contributed by atoms with van der Waals surface area (Å²) in [5.41, 5.74) is 0.772. The monoisotopic (exact) mass is 348 g/mol. The summed E-state index contributed by atoms with van der Waals surface area (Å²) < 4.78 is 0. The number of carbonyl (C=O) groups is 1. The number of unbranched alkanes of at least 4 members (excludes halogenated alkanes) is 1. The molecule has 0 spiro atoms. The molecule has 0 bridgehead atoms. The van der Waals surface area contributed by atoms with Crippen molar-refractivity contribution in [3.8, 4) is 0 Å². The van der Waals surface area contributed by atoms with E-state index in [9.17, 15) is 9.90 Å². The number of carbonyl (C=O) groups excluding carboxylic acids is 1. The van der Waals surface area contributed by atoms with Crippen molar-refractivity contribution in [2.24, 2.45) is 5.92 Å². The molecule has 1 amide bonds. The van der Waals surface area contributed by atoms with Gasteiger partial charge < -0.3 is 15.0 Å². The summed E-state index contributed by atoms with van der Waals surface area (Å²) in [6.07, 6.45) is 7.20. The van der Waals surface area contributed by atoms with E-state index >= 15 is 0 Å². The van der Waals surface area contributed by atoms with E-state index in [-0.39, 0.29) is 18.6 Å². The van der Waals surface area contributed by atoms with Crippen LogP contribution >= 0.6 is 0 Å². The van der Waals surface area contributed by atoms with Crippen LogP contribution < -0.4 is 0 Å². The molecule has 2 aliphatic rings. The Labute approximate surface area is 150 Å². The average molecular weight is 348 g/mol. The van der Waals surface area contributed by atoms with Gasteiger partial charge in [-0.1, -0.05) is 13.3 Å². The number of amides is 1. The van der Waals surface area contributed by atoms with E-state index < -0.39 is 5.54 Å². The number of nitrogens with one attached hydrogen (secondary N) is 1. The first kappa shape index (κ1) is 18.4. The Kier molecular flexibility index (Phi) is 5.49. The van der Waals surface area contributed by atoms with Gasteiger partial charge in [-0.3, -0.25) is 9.69 Å².